The summed E-state index contributed by atoms with van der Waals surface area (Å²) in [5, 5.41) is 51.8. The van der Waals surface area contributed by atoms with E-state index in [4.69, 9.17) is 29.8 Å². The zero-order valence-electron chi connectivity index (χ0n) is 53.5. The van der Waals surface area contributed by atoms with Crippen molar-refractivity contribution in [1.29, 1.82) is 0 Å². The third-order valence-electron chi connectivity index (χ3n) is 13.9. The number of aromatic nitrogens is 14. The Bertz CT molecular complexity index is 4120. The number of nitrogens with two attached hydrogens (primary N) is 1. The zero-order valence-corrected chi connectivity index (χ0v) is 54.3. The molecule has 1 fully saturated rings. The molecule has 0 radical (unpaired) electrons. The van der Waals surface area contributed by atoms with E-state index < -0.39 is 102 Å². The number of ketones is 2. The number of nitrogens with zero attached hydrogens (tertiary/aromatic N) is 14. The van der Waals surface area contributed by atoms with Crippen LogP contribution in [-0.4, -0.2) is 136 Å². The summed E-state index contributed by atoms with van der Waals surface area (Å²) in [5.41, 5.74) is 1.92. The van der Waals surface area contributed by atoms with Gasteiger partial charge < -0.3 is 34.9 Å². The summed E-state index contributed by atoms with van der Waals surface area (Å²) in [6.07, 6.45) is -22.5. The quantitative estimate of drug-likeness (QED) is 0.0563. The number of hydrogen-bond donors (Lipinski definition) is 3. The lowest BCUT2D eigenvalue weighted by Gasteiger charge is -2.17. The summed E-state index contributed by atoms with van der Waals surface area (Å²) < 4.78 is 223. The molecule has 2 atom stereocenters. The predicted molar refractivity (Wildman–Crippen MR) is 319 cm³/mol. The smallest absolute Gasteiger partial charge is 0.435 e. The van der Waals surface area contributed by atoms with Crippen molar-refractivity contribution in [2.45, 2.75) is 129 Å². The van der Waals surface area contributed by atoms with E-state index in [1.807, 2.05) is 0 Å². The van der Waals surface area contributed by atoms with Crippen molar-refractivity contribution in [2.24, 2.45) is 26.9 Å². The third-order valence-corrected chi connectivity index (χ3v) is 13.9. The second-order valence-electron chi connectivity index (χ2n) is 22.7. The Kier molecular flexibility index (Phi) is 25.6. The van der Waals surface area contributed by atoms with E-state index in [0.717, 1.165) is 26.2 Å². The van der Waals surface area contributed by atoms with E-state index in [1.54, 1.807) is 33.8 Å². The summed E-state index contributed by atoms with van der Waals surface area (Å²) in [6.45, 7) is 7.28. The topological polar surface area (TPSA) is 294 Å². The highest BCUT2D eigenvalue weighted by Crippen LogP contribution is 2.40. The van der Waals surface area contributed by atoms with Gasteiger partial charge in [-0.25, -0.2) is 9.97 Å². The van der Waals surface area contributed by atoms with Crippen LogP contribution in [0.3, 0.4) is 0 Å². The molecule has 1 aliphatic heterocycles. The fraction of sp³-hybridized carbons (Fsp3) is 0.450. The van der Waals surface area contributed by atoms with Crippen molar-refractivity contribution in [1.82, 2.24) is 69.9 Å². The predicted octanol–water partition coefficient (Wildman–Crippen LogP) is 10.1. The average Bonchev–Trinajstić information content (AvgIpc) is 1.69. The standard InChI is InChI=1S/C26H27F6N5O4.C23H23F6N5O4.C11H12F3N5.ClH/c1-14-7-16(34-35-22(14)19-11-37(4)36-23(19)26(30,31)32)5-6-17(38)8-15-9-20(25(27,28)29)33-21(10-15)39-12-18-13-40-24(2,3)41-18;1-12-5-14(31-32-20(12)17-9-34(2)33-21(17)23(27,28)29)3-4-15(36)6-13-7-18(22(24,25)26)30-19(8-13)38-11-16(37)10-35;1-6-3-7(4-15)16-17-9(6)8-5-19(2)18-10(8)11(12,13)14;/h7,9-11,18H,5-6,8,12-13H2,1-4H3;5,7-9,16,35,37H,3-4,6,10-11H2,1-2H3;3,5H,4,15H2,1-2H3;1H. The van der Waals surface area contributed by atoms with Gasteiger partial charge in [0.05, 0.1) is 64.1 Å². The molecule has 4 N–H and O–H groups in total. The van der Waals surface area contributed by atoms with Gasteiger partial charge >= 0.3 is 30.9 Å². The van der Waals surface area contributed by atoms with Gasteiger partial charge in [-0.15, -0.1) is 27.7 Å². The summed E-state index contributed by atoms with van der Waals surface area (Å²) in [5.74, 6) is -2.44. The van der Waals surface area contributed by atoms with Crippen LogP contribution in [0.4, 0.5) is 65.9 Å². The number of aliphatic hydroxyl groups excluding tert-OH is 2. The number of rotatable bonds is 21. The fourth-order valence-electron chi connectivity index (χ4n) is 9.56. The summed E-state index contributed by atoms with van der Waals surface area (Å²) >= 11 is 0. The second-order valence-corrected chi connectivity index (χ2v) is 22.7. The number of halogens is 16. The number of carbonyl (C=O) groups is 2. The molecule has 0 amide bonds. The number of ether oxygens (including phenoxy) is 4. The molecule has 9 rings (SSSR count). The van der Waals surface area contributed by atoms with Gasteiger partial charge in [0.1, 0.15) is 48.4 Å². The minimum absolute atomic E-state index is 0. The van der Waals surface area contributed by atoms with Gasteiger partial charge in [0.25, 0.3) is 0 Å². The van der Waals surface area contributed by atoms with Gasteiger partial charge in [0, 0.05) is 84.1 Å². The number of hydrogen-bond acceptors (Lipinski definition) is 20. The Morgan fingerprint density at radius 3 is 1.26 bits per heavy atom. The van der Waals surface area contributed by atoms with Crippen LogP contribution in [0.15, 0.2) is 61.1 Å². The van der Waals surface area contributed by atoms with Gasteiger partial charge in [-0.2, -0.15) is 96.4 Å². The Balaban J connectivity index is 0.000000247. The van der Waals surface area contributed by atoms with E-state index >= 15 is 0 Å². The van der Waals surface area contributed by atoms with Gasteiger partial charge in [0.2, 0.25) is 11.8 Å². The van der Waals surface area contributed by atoms with E-state index in [0.29, 0.717) is 39.8 Å². The molecule has 8 aromatic heterocycles. The number of alkyl halides is 15. The summed E-state index contributed by atoms with van der Waals surface area (Å²) in [4.78, 5) is 32.0. The maximum Gasteiger partial charge on any atom is 0.435 e. The van der Waals surface area contributed by atoms with Gasteiger partial charge in [-0.1, -0.05) is 0 Å². The first-order chi connectivity index (χ1) is 45.5. The number of aryl methyl sites for hydroxylation is 8. The van der Waals surface area contributed by atoms with Crippen LogP contribution >= 0.6 is 12.4 Å². The maximum absolute atomic E-state index is 13.5. The molecule has 23 nitrogen and oxygen atoms in total. The first-order valence-corrected chi connectivity index (χ1v) is 29.1. The van der Waals surface area contributed by atoms with Crippen molar-refractivity contribution >= 4 is 24.0 Å². The van der Waals surface area contributed by atoms with Crippen LogP contribution in [0, 0.1) is 20.8 Å². The lowest BCUT2D eigenvalue weighted by Crippen LogP contribution is -2.25. The van der Waals surface area contributed by atoms with Crippen LogP contribution in [0.1, 0.15) is 100 Å². The third kappa shape index (κ3) is 22.1. The van der Waals surface area contributed by atoms with E-state index in [9.17, 15) is 80.6 Å². The normalized spacial score (nSPS) is 14.4. The Morgan fingerprint density at radius 1 is 0.576 bits per heavy atom. The fourth-order valence-corrected chi connectivity index (χ4v) is 9.56. The van der Waals surface area contributed by atoms with Crippen LogP contribution in [0.25, 0.3) is 33.8 Å². The van der Waals surface area contributed by atoms with Crippen LogP contribution < -0.4 is 15.2 Å². The van der Waals surface area contributed by atoms with E-state index in [1.165, 1.54) is 64.9 Å². The molecule has 0 aliphatic carbocycles. The molecular formula is C60H63ClF15N15O8. The molecule has 1 aliphatic rings. The van der Waals surface area contributed by atoms with Gasteiger partial charge in [-0.3, -0.25) is 23.6 Å². The monoisotopic (exact) mass is 1440 g/mol. The lowest BCUT2D eigenvalue weighted by atomic mass is 10.0. The molecule has 0 aromatic carbocycles. The largest absolute Gasteiger partial charge is 0.475 e. The highest BCUT2D eigenvalue weighted by molar-refractivity contribution is 5.85. The molecule has 8 aromatic rings. The Labute approximate surface area is 558 Å². The van der Waals surface area contributed by atoms with Gasteiger partial charge in [0.15, 0.2) is 22.9 Å². The Morgan fingerprint density at radius 2 is 0.939 bits per heavy atom. The first-order valence-electron chi connectivity index (χ1n) is 29.1. The molecule has 0 bridgehead atoms. The van der Waals surface area contributed by atoms with E-state index in [2.05, 4.69) is 55.9 Å². The zero-order chi connectivity index (χ0) is 72.6. The molecule has 9 heterocycles. The van der Waals surface area contributed by atoms with Crippen LogP contribution in [-0.2, 0) is 103 Å². The molecule has 0 spiro atoms. The highest BCUT2D eigenvalue weighted by Gasteiger charge is 2.42. The van der Waals surface area contributed by atoms with E-state index in [-0.39, 0.29) is 127 Å². The molecule has 39 heteroatoms. The minimum atomic E-state index is -4.82. The molecule has 99 heavy (non-hydrogen) atoms. The molecule has 0 saturated carbocycles. The number of carbonyl (C=O) groups excluding carboxylic acids is 2. The number of Topliss-reactive ketones (excluding diaryl/α,β-unsaturated/α-hetero) is 2. The molecule has 2 unspecified atom stereocenters. The molecule has 538 valence electrons. The minimum Gasteiger partial charge on any atom is -0.475 e. The van der Waals surface area contributed by atoms with Crippen LogP contribution in [0.5, 0.6) is 11.8 Å². The number of pyridine rings is 2. The summed E-state index contributed by atoms with van der Waals surface area (Å²) in [7, 11) is 4.13. The van der Waals surface area contributed by atoms with Crippen molar-refractivity contribution in [3.05, 3.63) is 134 Å². The SMILES string of the molecule is Cc1cc(CCC(=O)Cc2cc(OCC(O)CO)nc(C(F)(F)F)c2)nnc1-c1cn(C)nc1C(F)(F)F.Cc1cc(CCC(=O)Cc2cc(OCC3COC(C)(C)O3)nc(C(F)(F)F)c2)nnc1-c1cn(C)nc1C(F)(F)F.Cc1cc(CN)nnc1-c1cn(C)nc1C(F)(F)F.Cl. The summed E-state index contributed by atoms with van der Waals surface area (Å²) in [6, 6.07) is 8.50. The second kappa shape index (κ2) is 32.0. The Hall–Kier alpha value is -8.85. The van der Waals surface area contributed by atoms with Crippen LogP contribution in [0.2, 0.25) is 0 Å². The maximum atomic E-state index is 13.5. The highest BCUT2D eigenvalue weighted by atomic mass is 35.5. The van der Waals surface area contributed by atoms with Gasteiger partial charge in [-0.05, 0) is 106 Å². The molecular weight excluding hydrogens is 1380 g/mol. The lowest BCUT2D eigenvalue weighted by molar-refractivity contribution is -0.143. The molecule has 1 saturated heterocycles. The first kappa shape index (κ1) is 79.1. The van der Waals surface area contributed by atoms with Crippen molar-refractivity contribution < 1.29 is 105 Å². The number of aliphatic hydroxyl groups is 2. The van der Waals surface area contributed by atoms with Crippen molar-refractivity contribution in [3.8, 4) is 45.5 Å². The average molecular weight is 1440 g/mol. The van der Waals surface area contributed by atoms with Crippen molar-refractivity contribution in [2.75, 3.05) is 26.4 Å². The van der Waals surface area contributed by atoms with Crippen molar-refractivity contribution in [3.63, 3.8) is 0 Å².